The van der Waals surface area contributed by atoms with Gasteiger partial charge in [0.1, 0.15) is 5.69 Å². The van der Waals surface area contributed by atoms with Crippen molar-refractivity contribution in [3.8, 4) is 0 Å². The number of rotatable bonds is 6. The fourth-order valence-electron chi connectivity index (χ4n) is 2.96. The largest absolute Gasteiger partial charge is 0.350 e. The molecule has 0 spiro atoms. The first-order valence-electron chi connectivity index (χ1n) is 8.53. The highest BCUT2D eigenvalue weighted by Gasteiger charge is 2.26. The van der Waals surface area contributed by atoms with Crippen molar-refractivity contribution in [2.24, 2.45) is 5.92 Å². The summed E-state index contributed by atoms with van der Waals surface area (Å²) in [6.45, 7) is 8.22. The molecule has 0 saturated carbocycles. The standard InChI is InChI=1S/C16H28N4O3S/c1-5-20-15(9-14(18-20)12(2)3)16(21)17-10-13-7-6-8-19(11-13)24(4,22)23/h9,12-13H,5-8,10-11H2,1-4H3,(H,17,21)/t13-/m1/s1. The summed E-state index contributed by atoms with van der Waals surface area (Å²) in [5.74, 6) is 0.277. The molecule has 0 bridgehead atoms. The summed E-state index contributed by atoms with van der Waals surface area (Å²) in [6, 6.07) is 1.84. The summed E-state index contributed by atoms with van der Waals surface area (Å²) in [5, 5.41) is 7.40. The van der Waals surface area contributed by atoms with Gasteiger partial charge in [0.2, 0.25) is 10.0 Å². The second-order valence-electron chi connectivity index (χ2n) is 6.76. The fraction of sp³-hybridized carbons (Fsp3) is 0.750. The average molecular weight is 356 g/mol. The van der Waals surface area contributed by atoms with Crippen LogP contribution in [0.15, 0.2) is 6.07 Å². The monoisotopic (exact) mass is 356 g/mol. The molecule has 1 aromatic rings. The molecule has 24 heavy (non-hydrogen) atoms. The number of hydrogen-bond donors (Lipinski definition) is 1. The van der Waals surface area contributed by atoms with Gasteiger partial charge >= 0.3 is 0 Å². The Labute approximate surface area is 144 Å². The maximum absolute atomic E-state index is 12.5. The number of aryl methyl sites for hydroxylation is 1. The van der Waals surface area contributed by atoms with Gasteiger partial charge in [-0.3, -0.25) is 9.48 Å². The number of nitrogens with zero attached hydrogens (tertiary/aromatic N) is 3. The number of sulfonamides is 1. The van der Waals surface area contributed by atoms with Crippen LogP contribution in [0, 0.1) is 5.92 Å². The molecule has 1 N–H and O–H groups in total. The Morgan fingerprint density at radius 1 is 1.46 bits per heavy atom. The summed E-state index contributed by atoms with van der Waals surface area (Å²) in [6.07, 6.45) is 3.00. The van der Waals surface area contributed by atoms with Crippen LogP contribution >= 0.6 is 0 Å². The number of carbonyl (C=O) groups is 1. The molecule has 136 valence electrons. The van der Waals surface area contributed by atoms with Crippen LogP contribution in [0.2, 0.25) is 0 Å². The zero-order chi connectivity index (χ0) is 17.9. The number of hydrogen-bond acceptors (Lipinski definition) is 4. The molecule has 0 radical (unpaired) electrons. The SMILES string of the molecule is CCn1nc(C(C)C)cc1C(=O)NC[C@H]1CCCN(S(C)(=O)=O)C1. The van der Waals surface area contributed by atoms with Crippen LogP contribution in [0.5, 0.6) is 0 Å². The van der Waals surface area contributed by atoms with E-state index in [0.717, 1.165) is 18.5 Å². The zero-order valence-electron chi connectivity index (χ0n) is 14.9. The zero-order valence-corrected chi connectivity index (χ0v) is 15.8. The van der Waals surface area contributed by atoms with Crippen molar-refractivity contribution < 1.29 is 13.2 Å². The topological polar surface area (TPSA) is 84.3 Å². The van der Waals surface area contributed by atoms with Crippen LogP contribution in [0.4, 0.5) is 0 Å². The molecule has 0 aliphatic carbocycles. The number of amides is 1. The summed E-state index contributed by atoms with van der Waals surface area (Å²) in [7, 11) is -3.16. The fourth-order valence-corrected chi connectivity index (χ4v) is 3.91. The Morgan fingerprint density at radius 3 is 2.75 bits per heavy atom. The first-order chi connectivity index (χ1) is 11.2. The highest BCUT2D eigenvalue weighted by Crippen LogP contribution is 2.18. The van der Waals surface area contributed by atoms with Gasteiger partial charge in [-0.05, 0) is 37.7 Å². The molecule has 1 aliphatic rings. The van der Waals surface area contributed by atoms with Crippen LogP contribution in [0.3, 0.4) is 0 Å². The molecule has 1 amide bonds. The first-order valence-corrected chi connectivity index (χ1v) is 10.4. The van der Waals surface area contributed by atoms with Gasteiger partial charge in [0.15, 0.2) is 0 Å². The molecule has 2 rings (SSSR count). The van der Waals surface area contributed by atoms with Gasteiger partial charge in [-0.15, -0.1) is 0 Å². The lowest BCUT2D eigenvalue weighted by Crippen LogP contribution is -2.43. The van der Waals surface area contributed by atoms with Gasteiger partial charge in [0.05, 0.1) is 11.9 Å². The lowest BCUT2D eigenvalue weighted by molar-refractivity contribution is 0.0931. The first kappa shape index (κ1) is 18.9. The van der Waals surface area contributed by atoms with E-state index >= 15 is 0 Å². The van der Waals surface area contributed by atoms with Crippen molar-refractivity contribution in [3.63, 3.8) is 0 Å². The van der Waals surface area contributed by atoms with E-state index in [9.17, 15) is 13.2 Å². The summed E-state index contributed by atoms with van der Waals surface area (Å²) in [4.78, 5) is 12.5. The maximum atomic E-state index is 12.5. The van der Waals surface area contributed by atoms with Gasteiger partial charge in [-0.25, -0.2) is 12.7 Å². The van der Waals surface area contributed by atoms with Gasteiger partial charge in [-0.1, -0.05) is 13.8 Å². The Balaban J connectivity index is 1.98. The lowest BCUT2D eigenvalue weighted by Gasteiger charge is -2.30. The van der Waals surface area contributed by atoms with E-state index in [1.54, 1.807) is 4.68 Å². The van der Waals surface area contributed by atoms with Gasteiger partial charge in [-0.2, -0.15) is 5.10 Å². The van der Waals surface area contributed by atoms with Crippen molar-refractivity contribution in [2.75, 3.05) is 25.9 Å². The molecule has 2 heterocycles. The summed E-state index contributed by atoms with van der Waals surface area (Å²) < 4.78 is 26.6. The smallest absolute Gasteiger partial charge is 0.269 e. The normalized spacial score (nSPS) is 19.6. The van der Waals surface area contributed by atoms with E-state index in [1.165, 1.54) is 10.6 Å². The molecule has 0 unspecified atom stereocenters. The van der Waals surface area contributed by atoms with Crippen LogP contribution in [0.25, 0.3) is 0 Å². The molecule has 7 nitrogen and oxygen atoms in total. The Kier molecular flexibility index (Phi) is 6.03. The van der Waals surface area contributed by atoms with Crippen molar-refractivity contribution in [1.29, 1.82) is 0 Å². The maximum Gasteiger partial charge on any atom is 0.269 e. The lowest BCUT2D eigenvalue weighted by atomic mass is 10.00. The molecule has 1 saturated heterocycles. The van der Waals surface area contributed by atoms with Crippen molar-refractivity contribution in [2.45, 2.75) is 46.1 Å². The summed E-state index contributed by atoms with van der Waals surface area (Å²) >= 11 is 0. The Morgan fingerprint density at radius 2 is 2.17 bits per heavy atom. The highest BCUT2D eigenvalue weighted by atomic mass is 32.2. The van der Waals surface area contributed by atoms with E-state index in [1.807, 2.05) is 26.8 Å². The highest BCUT2D eigenvalue weighted by molar-refractivity contribution is 7.88. The van der Waals surface area contributed by atoms with E-state index in [4.69, 9.17) is 0 Å². The minimum atomic E-state index is -3.16. The van der Waals surface area contributed by atoms with Crippen LogP contribution in [0.1, 0.15) is 55.7 Å². The minimum Gasteiger partial charge on any atom is -0.350 e. The molecule has 8 heteroatoms. The second kappa shape index (κ2) is 7.65. The quantitative estimate of drug-likeness (QED) is 0.836. The van der Waals surface area contributed by atoms with Crippen molar-refractivity contribution in [1.82, 2.24) is 19.4 Å². The second-order valence-corrected chi connectivity index (χ2v) is 8.75. The molecule has 1 fully saturated rings. The third-order valence-corrected chi connectivity index (χ3v) is 5.69. The number of aromatic nitrogens is 2. The van der Waals surface area contributed by atoms with Crippen LogP contribution in [-0.2, 0) is 16.6 Å². The van der Waals surface area contributed by atoms with Crippen molar-refractivity contribution in [3.05, 3.63) is 17.5 Å². The van der Waals surface area contributed by atoms with E-state index in [0.29, 0.717) is 31.9 Å². The number of nitrogens with one attached hydrogen (secondary N) is 1. The van der Waals surface area contributed by atoms with Crippen molar-refractivity contribution >= 4 is 15.9 Å². The molecular weight excluding hydrogens is 328 g/mol. The predicted molar refractivity (Wildman–Crippen MR) is 93.5 cm³/mol. The average Bonchev–Trinajstić information content (AvgIpc) is 2.97. The Bertz CT molecular complexity index is 681. The van der Waals surface area contributed by atoms with Crippen LogP contribution < -0.4 is 5.32 Å². The summed E-state index contributed by atoms with van der Waals surface area (Å²) in [5.41, 5.74) is 1.47. The number of piperidine rings is 1. The van der Waals surface area contributed by atoms with Crippen LogP contribution in [-0.4, -0.2) is 54.3 Å². The van der Waals surface area contributed by atoms with Gasteiger partial charge in [0.25, 0.3) is 5.91 Å². The third kappa shape index (κ3) is 4.57. The third-order valence-electron chi connectivity index (χ3n) is 4.42. The van der Waals surface area contributed by atoms with E-state index in [-0.39, 0.29) is 17.7 Å². The minimum absolute atomic E-state index is 0.146. The Hall–Kier alpha value is -1.41. The number of carbonyl (C=O) groups excluding carboxylic acids is 1. The molecule has 0 aromatic carbocycles. The molecule has 1 atom stereocenters. The molecule has 1 aromatic heterocycles. The van der Waals surface area contributed by atoms with E-state index < -0.39 is 10.0 Å². The molecule has 1 aliphatic heterocycles. The van der Waals surface area contributed by atoms with E-state index in [2.05, 4.69) is 10.4 Å². The van der Waals surface area contributed by atoms with Gasteiger partial charge in [0, 0.05) is 26.2 Å². The predicted octanol–water partition coefficient (Wildman–Crippen LogP) is 1.43. The molecular formula is C16H28N4O3S. The van der Waals surface area contributed by atoms with Gasteiger partial charge < -0.3 is 5.32 Å².